The molecule has 1 amide bonds. The number of carbonyl (C=O) groups excluding carboxylic acids is 1. The summed E-state index contributed by atoms with van der Waals surface area (Å²) in [7, 11) is 0. The topological polar surface area (TPSA) is 135 Å². The van der Waals surface area contributed by atoms with Gasteiger partial charge in [-0.05, 0) is 31.0 Å². The summed E-state index contributed by atoms with van der Waals surface area (Å²) in [5, 5.41) is 18.0. The number of hydrogen-bond donors (Lipinski definition) is 3. The normalized spacial score (nSPS) is 11.0. The van der Waals surface area contributed by atoms with E-state index in [9.17, 15) is 9.59 Å². The van der Waals surface area contributed by atoms with Gasteiger partial charge in [0, 0.05) is 43.5 Å². The highest BCUT2D eigenvalue weighted by Crippen LogP contribution is 2.19. The van der Waals surface area contributed by atoms with Gasteiger partial charge in [0.1, 0.15) is 0 Å². The van der Waals surface area contributed by atoms with Gasteiger partial charge >= 0.3 is 0 Å². The van der Waals surface area contributed by atoms with Crippen LogP contribution in [0, 0.1) is 0 Å². The number of aromatic nitrogens is 4. The zero-order chi connectivity index (χ0) is 24.5. The van der Waals surface area contributed by atoms with Gasteiger partial charge in [-0.1, -0.05) is 41.6 Å². The van der Waals surface area contributed by atoms with Gasteiger partial charge in [-0.15, -0.1) is 0 Å². The summed E-state index contributed by atoms with van der Waals surface area (Å²) < 4.78 is 10.8. The van der Waals surface area contributed by atoms with Crippen molar-refractivity contribution in [3.8, 4) is 11.4 Å². The number of carbonyl (C=O) groups is 1. The van der Waals surface area contributed by atoms with Crippen LogP contribution in [0.5, 0.6) is 0 Å². The van der Waals surface area contributed by atoms with Gasteiger partial charge < -0.3 is 19.9 Å². The largest absolute Gasteiger partial charge is 0.377 e. The Bertz CT molecular complexity index is 1330. The third kappa shape index (κ3) is 6.51. The van der Waals surface area contributed by atoms with Gasteiger partial charge in [-0.2, -0.15) is 10.1 Å². The molecule has 3 N–H and O–H groups in total. The lowest BCUT2D eigenvalue weighted by atomic mass is 10.1. The number of anilines is 1. The maximum Gasteiger partial charge on any atom is 0.272 e. The predicted octanol–water partition coefficient (Wildman–Crippen LogP) is 3.06. The molecular weight excluding hydrogens is 448 g/mol. The molecule has 0 saturated carbocycles. The summed E-state index contributed by atoms with van der Waals surface area (Å²) in [4.78, 5) is 28.5. The summed E-state index contributed by atoms with van der Waals surface area (Å²) in [6.07, 6.45) is 1.32. The zero-order valence-electron chi connectivity index (χ0n) is 19.5. The van der Waals surface area contributed by atoms with Crippen LogP contribution in [0.25, 0.3) is 22.2 Å². The Morgan fingerprint density at radius 3 is 2.83 bits per heavy atom. The highest BCUT2D eigenvalue weighted by molar-refractivity contribution is 5.90. The maximum atomic E-state index is 12.2. The van der Waals surface area contributed by atoms with Gasteiger partial charge in [0.25, 0.3) is 5.56 Å². The van der Waals surface area contributed by atoms with Gasteiger partial charge in [0.05, 0.1) is 12.0 Å². The van der Waals surface area contributed by atoms with Crippen LogP contribution in [0.2, 0.25) is 0 Å². The molecule has 4 rings (SSSR count). The standard InChI is InChI=1S/C25H28N6O4/c1-2-34-16-17-7-5-8-18(15-17)23-28-22(35-31-23)12-11-21(32)26-13-6-14-27-24-19-9-3-4-10-20(19)25(33)30-29-24/h3-5,7-10,15H,2,6,11-14,16H2,1H3,(H,26,32)(H,27,29)(H,30,33). The van der Waals surface area contributed by atoms with Crippen LogP contribution in [0.4, 0.5) is 5.82 Å². The van der Waals surface area contributed by atoms with Gasteiger partial charge in [0.2, 0.25) is 17.6 Å². The van der Waals surface area contributed by atoms with E-state index in [0.29, 0.717) is 62.1 Å². The highest BCUT2D eigenvalue weighted by Gasteiger charge is 2.11. The summed E-state index contributed by atoms with van der Waals surface area (Å²) in [5.74, 6) is 1.44. The Morgan fingerprint density at radius 2 is 1.97 bits per heavy atom. The first-order valence-electron chi connectivity index (χ1n) is 11.6. The molecule has 0 atom stereocenters. The lowest BCUT2D eigenvalue weighted by molar-refractivity contribution is -0.121. The van der Waals surface area contributed by atoms with Crippen LogP contribution < -0.4 is 16.2 Å². The van der Waals surface area contributed by atoms with Crippen LogP contribution in [-0.4, -0.2) is 45.9 Å². The van der Waals surface area contributed by atoms with Crippen molar-refractivity contribution in [2.24, 2.45) is 0 Å². The van der Waals surface area contributed by atoms with Crippen molar-refractivity contribution in [3.63, 3.8) is 0 Å². The fourth-order valence-electron chi connectivity index (χ4n) is 3.58. The van der Waals surface area contributed by atoms with Crippen molar-refractivity contribution in [2.45, 2.75) is 32.8 Å². The lowest BCUT2D eigenvalue weighted by Crippen LogP contribution is -2.26. The number of aryl methyl sites for hydroxylation is 1. The first kappa shape index (κ1) is 24.1. The smallest absolute Gasteiger partial charge is 0.272 e. The number of nitrogens with one attached hydrogen (secondary N) is 3. The molecule has 0 radical (unpaired) electrons. The Hall–Kier alpha value is -4.05. The van der Waals surface area contributed by atoms with Crippen molar-refractivity contribution in [3.05, 3.63) is 70.3 Å². The Morgan fingerprint density at radius 1 is 1.11 bits per heavy atom. The molecule has 2 heterocycles. The number of nitrogens with zero attached hydrogens (tertiary/aromatic N) is 3. The van der Waals surface area contributed by atoms with E-state index >= 15 is 0 Å². The Balaban J connectivity index is 1.19. The minimum Gasteiger partial charge on any atom is -0.377 e. The predicted molar refractivity (Wildman–Crippen MR) is 132 cm³/mol. The molecule has 0 aliphatic heterocycles. The second-order valence-corrected chi connectivity index (χ2v) is 7.93. The average Bonchev–Trinajstić information content (AvgIpc) is 3.37. The SMILES string of the molecule is CCOCc1cccc(-c2noc(CCC(=O)NCCCNc3n[nH]c(=O)c4ccccc34)n2)c1. The molecule has 0 spiro atoms. The van der Waals surface area contributed by atoms with Gasteiger partial charge in [-0.3, -0.25) is 9.59 Å². The minimum absolute atomic E-state index is 0.0870. The molecule has 0 unspecified atom stereocenters. The van der Waals surface area contributed by atoms with Crippen molar-refractivity contribution in [1.29, 1.82) is 0 Å². The van der Waals surface area contributed by atoms with Crippen LogP contribution in [0.15, 0.2) is 57.8 Å². The zero-order valence-corrected chi connectivity index (χ0v) is 19.5. The Kier molecular flexibility index (Phi) is 8.18. The van der Waals surface area contributed by atoms with Gasteiger partial charge in [-0.25, -0.2) is 5.10 Å². The van der Waals surface area contributed by atoms with Crippen molar-refractivity contribution < 1.29 is 14.1 Å². The number of H-pyrrole nitrogens is 1. The molecule has 2 aromatic heterocycles. The van der Waals surface area contributed by atoms with E-state index in [4.69, 9.17) is 9.26 Å². The number of ether oxygens (including phenoxy) is 1. The van der Waals surface area contributed by atoms with E-state index in [0.717, 1.165) is 16.5 Å². The number of benzene rings is 2. The number of rotatable bonds is 12. The number of fused-ring (bicyclic) bond motifs is 1. The van der Waals surface area contributed by atoms with Crippen molar-refractivity contribution in [1.82, 2.24) is 25.7 Å². The van der Waals surface area contributed by atoms with Crippen LogP contribution in [0.1, 0.15) is 31.2 Å². The molecule has 0 bridgehead atoms. The van der Waals surface area contributed by atoms with E-state index in [1.807, 2.05) is 49.4 Å². The summed E-state index contributed by atoms with van der Waals surface area (Å²) in [6.45, 7) is 4.24. The quantitative estimate of drug-likeness (QED) is 0.266. The minimum atomic E-state index is -0.220. The summed E-state index contributed by atoms with van der Waals surface area (Å²) in [5.41, 5.74) is 1.66. The van der Waals surface area contributed by atoms with Crippen LogP contribution in [-0.2, 0) is 22.6 Å². The van der Waals surface area contributed by atoms with Gasteiger partial charge in [0.15, 0.2) is 5.82 Å². The third-order valence-corrected chi connectivity index (χ3v) is 5.36. The molecule has 4 aromatic rings. The van der Waals surface area contributed by atoms with Crippen LogP contribution in [0.3, 0.4) is 0 Å². The maximum absolute atomic E-state index is 12.2. The van der Waals surface area contributed by atoms with E-state index in [1.165, 1.54) is 0 Å². The molecule has 182 valence electrons. The number of aromatic amines is 1. The molecule has 10 nitrogen and oxygen atoms in total. The van der Waals surface area contributed by atoms with E-state index in [2.05, 4.69) is 31.0 Å². The first-order valence-corrected chi connectivity index (χ1v) is 11.6. The molecule has 0 aliphatic rings. The average molecular weight is 477 g/mol. The van der Waals surface area contributed by atoms with Crippen molar-refractivity contribution in [2.75, 3.05) is 25.0 Å². The highest BCUT2D eigenvalue weighted by atomic mass is 16.5. The molecular formula is C25H28N6O4. The molecule has 35 heavy (non-hydrogen) atoms. The van der Waals surface area contributed by atoms with E-state index in [-0.39, 0.29) is 17.9 Å². The molecule has 10 heteroatoms. The molecule has 0 saturated heterocycles. The summed E-state index contributed by atoms with van der Waals surface area (Å²) in [6, 6.07) is 15.1. The fourth-order valence-corrected chi connectivity index (χ4v) is 3.58. The Labute approximate surface area is 202 Å². The monoisotopic (exact) mass is 476 g/mol. The van der Waals surface area contributed by atoms with Crippen LogP contribution >= 0.6 is 0 Å². The fraction of sp³-hybridized carbons (Fsp3) is 0.320. The van der Waals surface area contributed by atoms with E-state index in [1.54, 1.807) is 6.07 Å². The second kappa shape index (κ2) is 11.9. The number of hydrogen-bond acceptors (Lipinski definition) is 8. The second-order valence-electron chi connectivity index (χ2n) is 7.93. The number of amides is 1. The lowest BCUT2D eigenvalue weighted by Gasteiger charge is -2.08. The van der Waals surface area contributed by atoms with E-state index < -0.39 is 0 Å². The molecule has 0 aliphatic carbocycles. The molecule has 2 aromatic carbocycles. The first-order chi connectivity index (χ1) is 17.1. The summed E-state index contributed by atoms with van der Waals surface area (Å²) >= 11 is 0. The third-order valence-electron chi connectivity index (χ3n) is 5.36. The van der Waals surface area contributed by atoms with Crippen molar-refractivity contribution >= 4 is 22.5 Å². The molecule has 0 fully saturated rings.